The van der Waals surface area contributed by atoms with E-state index < -0.39 is 11.6 Å². The number of anilines is 4. The Balaban J connectivity index is 1.86. The SMILES string of the molecule is Cc1nc(Nc2cccc(F)c2)cc(Nc2ccc(F)cc2F)n1. The van der Waals surface area contributed by atoms with E-state index in [0.29, 0.717) is 23.1 Å². The fourth-order valence-corrected chi connectivity index (χ4v) is 2.14. The van der Waals surface area contributed by atoms with Gasteiger partial charge in [-0.05, 0) is 37.3 Å². The van der Waals surface area contributed by atoms with E-state index >= 15 is 0 Å². The van der Waals surface area contributed by atoms with Gasteiger partial charge in [-0.1, -0.05) is 6.07 Å². The summed E-state index contributed by atoms with van der Waals surface area (Å²) in [6.45, 7) is 1.67. The topological polar surface area (TPSA) is 49.8 Å². The molecule has 0 spiro atoms. The molecule has 0 fully saturated rings. The van der Waals surface area contributed by atoms with Crippen molar-refractivity contribution >= 4 is 23.0 Å². The molecule has 0 saturated heterocycles. The fourth-order valence-electron chi connectivity index (χ4n) is 2.14. The molecule has 0 aliphatic carbocycles. The van der Waals surface area contributed by atoms with Crippen molar-refractivity contribution in [3.8, 4) is 0 Å². The molecule has 0 aliphatic rings. The summed E-state index contributed by atoms with van der Waals surface area (Å²) in [6.07, 6.45) is 0. The first kappa shape index (κ1) is 15.8. The van der Waals surface area contributed by atoms with Gasteiger partial charge >= 0.3 is 0 Å². The first-order valence-corrected chi connectivity index (χ1v) is 7.10. The Hall–Kier alpha value is -3.09. The molecule has 3 rings (SSSR count). The van der Waals surface area contributed by atoms with E-state index in [1.54, 1.807) is 25.1 Å². The molecule has 0 radical (unpaired) electrons. The van der Waals surface area contributed by atoms with Crippen LogP contribution >= 0.6 is 0 Å². The maximum Gasteiger partial charge on any atom is 0.149 e. The summed E-state index contributed by atoms with van der Waals surface area (Å²) in [4.78, 5) is 8.35. The predicted molar refractivity (Wildman–Crippen MR) is 86.1 cm³/mol. The van der Waals surface area contributed by atoms with Crippen molar-refractivity contribution in [2.75, 3.05) is 10.6 Å². The number of halogens is 3. The molecule has 1 aromatic heterocycles. The second-order valence-corrected chi connectivity index (χ2v) is 5.07. The van der Waals surface area contributed by atoms with Gasteiger partial charge in [-0.2, -0.15) is 0 Å². The standard InChI is InChI=1S/C17H13F3N4/c1-10-21-16(23-13-4-2-3-11(18)7-13)9-17(22-10)24-15-6-5-12(19)8-14(15)20/h2-9H,1H3,(H2,21,22,23,24). The smallest absolute Gasteiger partial charge is 0.149 e. The van der Waals surface area contributed by atoms with Crippen LogP contribution in [0.5, 0.6) is 0 Å². The van der Waals surface area contributed by atoms with Crippen LogP contribution in [0.2, 0.25) is 0 Å². The number of hydrogen-bond acceptors (Lipinski definition) is 4. The highest BCUT2D eigenvalue weighted by Gasteiger charge is 2.07. The molecule has 0 atom stereocenters. The van der Waals surface area contributed by atoms with Crippen molar-refractivity contribution in [3.05, 3.63) is 71.8 Å². The monoisotopic (exact) mass is 330 g/mol. The maximum absolute atomic E-state index is 13.7. The van der Waals surface area contributed by atoms with Crippen LogP contribution in [-0.2, 0) is 0 Å². The van der Waals surface area contributed by atoms with Gasteiger partial charge in [0.15, 0.2) is 0 Å². The minimum Gasteiger partial charge on any atom is -0.340 e. The summed E-state index contributed by atoms with van der Waals surface area (Å²) in [5.74, 6) is -0.597. The molecule has 0 bridgehead atoms. The van der Waals surface area contributed by atoms with E-state index in [4.69, 9.17) is 0 Å². The van der Waals surface area contributed by atoms with Crippen LogP contribution in [0, 0.1) is 24.4 Å². The van der Waals surface area contributed by atoms with Gasteiger partial charge in [-0.3, -0.25) is 0 Å². The zero-order valence-corrected chi connectivity index (χ0v) is 12.6. The molecule has 0 aliphatic heterocycles. The Morgan fingerprint density at radius 2 is 1.50 bits per heavy atom. The average Bonchev–Trinajstić information content (AvgIpc) is 2.49. The number of nitrogens with zero attached hydrogens (tertiary/aromatic N) is 2. The van der Waals surface area contributed by atoms with E-state index in [-0.39, 0.29) is 11.5 Å². The normalized spacial score (nSPS) is 10.5. The molecule has 0 amide bonds. The fraction of sp³-hybridized carbons (Fsp3) is 0.0588. The molecule has 7 heteroatoms. The van der Waals surface area contributed by atoms with Crippen molar-refractivity contribution in [2.45, 2.75) is 6.92 Å². The lowest BCUT2D eigenvalue weighted by atomic mass is 10.3. The van der Waals surface area contributed by atoms with Crippen LogP contribution < -0.4 is 10.6 Å². The van der Waals surface area contributed by atoms with Gasteiger partial charge < -0.3 is 10.6 Å². The number of nitrogens with one attached hydrogen (secondary N) is 2. The lowest BCUT2D eigenvalue weighted by molar-refractivity contribution is 0.586. The number of benzene rings is 2. The van der Waals surface area contributed by atoms with Crippen LogP contribution in [-0.4, -0.2) is 9.97 Å². The first-order valence-electron chi connectivity index (χ1n) is 7.10. The Morgan fingerprint density at radius 3 is 2.21 bits per heavy atom. The largest absolute Gasteiger partial charge is 0.340 e. The number of rotatable bonds is 4. The van der Waals surface area contributed by atoms with Crippen molar-refractivity contribution in [1.82, 2.24) is 9.97 Å². The molecular formula is C17H13F3N4. The zero-order chi connectivity index (χ0) is 17.1. The Morgan fingerprint density at radius 1 is 0.792 bits per heavy atom. The van der Waals surface area contributed by atoms with Gasteiger partial charge in [0, 0.05) is 17.8 Å². The second-order valence-electron chi connectivity index (χ2n) is 5.07. The zero-order valence-electron chi connectivity index (χ0n) is 12.6. The Bertz CT molecular complexity index is 883. The number of aryl methyl sites for hydroxylation is 1. The molecule has 0 saturated carbocycles. The molecule has 2 N–H and O–H groups in total. The van der Waals surface area contributed by atoms with Gasteiger partial charge in [0.25, 0.3) is 0 Å². The highest BCUT2D eigenvalue weighted by molar-refractivity contribution is 5.63. The lowest BCUT2D eigenvalue weighted by Gasteiger charge is -2.11. The third-order valence-corrected chi connectivity index (χ3v) is 3.13. The van der Waals surface area contributed by atoms with Gasteiger partial charge in [-0.25, -0.2) is 23.1 Å². The highest BCUT2D eigenvalue weighted by Crippen LogP contribution is 2.23. The minimum absolute atomic E-state index is 0.0891. The van der Waals surface area contributed by atoms with Gasteiger partial charge in [0.05, 0.1) is 5.69 Å². The summed E-state index contributed by atoms with van der Waals surface area (Å²) in [5, 5.41) is 5.72. The van der Waals surface area contributed by atoms with Gasteiger partial charge in [0.1, 0.15) is 34.9 Å². The van der Waals surface area contributed by atoms with E-state index in [0.717, 1.165) is 12.1 Å². The first-order chi connectivity index (χ1) is 11.5. The Kier molecular flexibility index (Phi) is 4.33. The second kappa shape index (κ2) is 6.57. The van der Waals surface area contributed by atoms with Crippen LogP contribution in [0.25, 0.3) is 0 Å². The van der Waals surface area contributed by atoms with E-state index in [2.05, 4.69) is 20.6 Å². The summed E-state index contributed by atoms with van der Waals surface area (Å²) < 4.78 is 39.9. The quantitative estimate of drug-likeness (QED) is 0.729. The number of hydrogen-bond donors (Lipinski definition) is 2. The molecular weight excluding hydrogens is 317 g/mol. The maximum atomic E-state index is 13.7. The summed E-state index contributed by atoms with van der Waals surface area (Å²) in [7, 11) is 0. The summed E-state index contributed by atoms with van der Waals surface area (Å²) >= 11 is 0. The summed E-state index contributed by atoms with van der Waals surface area (Å²) in [6, 6.07) is 10.7. The molecule has 2 aromatic carbocycles. The molecule has 122 valence electrons. The van der Waals surface area contributed by atoms with Crippen molar-refractivity contribution in [2.24, 2.45) is 0 Å². The highest BCUT2D eigenvalue weighted by atomic mass is 19.1. The third-order valence-electron chi connectivity index (χ3n) is 3.13. The third kappa shape index (κ3) is 3.81. The molecule has 1 heterocycles. The Labute approximate surface area is 136 Å². The summed E-state index contributed by atoms with van der Waals surface area (Å²) in [5.41, 5.74) is 0.609. The van der Waals surface area contributed by atoms with Crippen LogP contribution in [0.15, 0.2) is 48.5 Å². The molecule has 3 aromatic rings. The van der Waals surface area contributed by atoms with Gasteiger partial charge in [-0.15, -0.1) is 0 Å². The molecule has 4 nitrogen and oxygen atoms in total. The minimum atomic E-state index is -0.731. The van der Waals surface area contributed by atoms with E-state index in [1.807, 2.05) is 0 Å². The van der Waals surface area contributed by atoms with Crippen LogP contribution in [0.4, 0.5) is 36.2 Å². The number of aromatic nitrogens is 2. The van der Waals surface area contributed by atoms with Crippen molar-refractivity contribution < 1.29 is 13.2 Å². The van der Waals surface area contributed by atoms with Crippen molar-refractivity contribution in [1.29, 1.82) is 0 Å². The van der Waals surface area contributed by atoms with E-state index in [1.165, 1.54) is 18.2 Å². The van der Waals surface area contributed by atoms with E-state index in [9.17, 15) is 13.2 Å². The van der Waals surface area contributed by atoms with Crippen LogP contribution in [0.1, 0.15) is 5.82 Å². The van der Waals surface area contributed by atoms with Crippen molar-refractivity contribution in [3.63, 3.8) is 0 Å². The van der Waals surface area contributed by atoms with Gasteiger partial charge in [0.2, 0.25) is 0 Å². The molecule has 0 unspecified atom stereocenters. The molecule has 24 heavy (non-hydrogen) atoms. The van der Waals surface area contributed by atoms with Crippen LogP contribution in [0.3, 0.4) is 0 Å². The average molecular weight is 330 g/mol. The lowest BCUT2D eigenvalue weighted by Crippen LogP contribution is -2.02. The predicted octanol–water partition coefficient (Wildman–Crippen LogP) is 4.69.